The number of nitrogens with one attached hydrogen (secondary N) is 1. The summed E-state index contributed by atoms with van der Waals surface area (Å²) >= 11 is 8.85. The van der Waals surface area contributed by atoms with E-state index in [1.54, 1.807) is 0 Å². The number of hydrogen-bond donors (Lipinski definition) is 2. The molecule has 1 aromatic heterocycles. The Labute approximate surface area is 194 Å². The third-order valence-electron chi connectivity index (χ3n) is 5.15. The first-order valence-electron chi connectivity index (χ1n) is 9.77. The first-order chi connectivity index (χ1) is 14.9. The zero-order valence-corrected chi connectivity index (χ0v) is 19.5. The van der Waals surface area contributed by atoms with Crippen molar-refractivity contribution in [1.29, 1.82) is 0 Å². The molecule has 0 atom stereocenters. The number of thiocarbonyl (C=S) groups is 1. The number of aryl methyl sites for hydroxylation is 2. The van der Waals surface area contributed by atoms with Crippen LogP contribution in [0.3, 0.4) is 0 Å². The van der Waals surface area contributed by atoms with Gasteiger partial charge in [0.05, 0.1) is 12.1 Å². The summed E-state index contributed by atoms with van der Waals surface area (Å²) in [5.41, 5.74) is 5.55. The summed E-state index contributed by atoms with van der Waals surface area (Å²) < 4.78 is 2.72. The van der Waals surface area contributed by atoms with E-state index < -0.39 is 0 Å². The maximum absolute atomic E-state index is 11.0. The summed E-state index contributed by atoms with van der Waals surface area (Å²) in [4.78, 5) is 0. The van der Waals surface area contributed by atoms with E-state index in [0.717, 1.165) is 32.2 Å². The molecule has 0 radical (unpaired) electrons. The van der Waals surface area contributed by atoms with E-state index in [2.05, 4.69) is 38.4 Å². The first-order valence-corrected chi connectivity index (χ1v) is 11.0. The highest BCUT2D eigenvalue weighted by molar-refractivity contribution is 9.10. The second-order valence-corrected chi connectivity index (χ2v) is 8.64. The summed E-state index contributed by atoms with van der Waals surface area (Å²) in [6, 6.07) is 21.8. The van der Waals surface area contributed by atoms with Gasteiger partial charge in [-0.3, -0.25) is 0 Å². The summed E-state index contributed by atoms with van der Waals surface area (Å²) in [5.74, 6) is 0.0506. The third kappa shape index (κ3) is 4.68. The Kier molecular flexibility index (Phi) is 6.15. The average Bonchev–Trinajstić information content (AvgIpc) is 3.00. The molecule has 2 N–H and O–H groups in total. The van der Waals surface area contributed by atoms with Crippen LogP contribution in [0.25, 0.3) is 10.9 Å². The van der Waals surface area contributed by atoms with Crippen molar-refractivity contribution in [3.63, 3.8) is 0 Å². The Morgan fingerprint density at radius 3 is 2.55 bits per heavy atom. The monoisotopic (exact) mass is 492 g/mol. The maximum atomic E-state index is 11.0. The Balaban J connectivity index is 1.66. The van der Waals surface area contributed by atoms with Gasteiger partial charge in [-0.25, -0.2) is 0 Å². The molecule has 1 heterocycles. The number of azo groups is 1. The lowest BCUT2D eigenvalue weighted by Gasteiger charge is -2.07. The van der Waals surface area contributed by atoms with Crippen LogP contribution in [0.4, 0.5) is 11.4 Å². The van der Waals surface area contributed by atoms with Gasteiger partial charge in [0, 0.05) is 15.5 Å². The number of aromatic hydroxyl groups is 1. The molecular weight excluding hydrogens is 472 g/mol. The molecule has 0 amide bonds. The van der Waals surface area contributed by atoms with E-state index in [0.29, 0.717) is 12.2 Å². The highest BCUT2D eigenvalue weighted by atomic mass is 79.9. The van der Waals surface area contributed by atoms with Crippen LogP contribution >= 0.6 is 28.1 Å². The molecule has 156 valence electrons. The number of anilines is 1. The van der Waals surface area contributed by atoms with Crippen molar-refractivity contribution in [2.45, 2.75) is 20.4 Å². The van der Waals surface area contributed by atoms with Gasteiger partial charge in [0.15, 0.2) is 5.69 Å². The molecule has 0 spiro atoms. The van der Waals surface area contributed by atoms with Crippen LogP contribution in [0.15, 0.2) is 81.4 Å². The Bertz CT molecular complexity index is 1300. The number of rotatable bonds is 4. The van der Waals surface area contributed by atoms with E-state index in [1.807, 2.05) is 78.2 Å². The SMILES string of the molecule is Cc1ccc(NC(=S)N=Nc2c(O)n(Cc3ccccc3)c3ccc(Br)cc23)cc1C. The van der Waals surface area contributed by atoms with Crippen molar-refractivity contribution in [3.05, 3.63) is 87.9 Å². The topological polar surface area (TPSA) is 61.9 Å². The van der Waals surface area contributed by atoms with Gasteiger partial charge in [0.1, 0.15) is 0 Å². The average molecular weight is 493 g/mol. The van der Waals surface area contributed by atoms with Gasteiger partial charge in [0.2, 0.25) is 11.0 Å². The predicted molar refractivity (Wildman–Crippen MR) is 133 cm³/mol. The van der Waals surface area contributed by atoms with Crippen LogP contribution in [0.5, 0.6) is 5.88 Å². The summed E-state index contributed by atoms with van der Waals surface area (Å²) in [6.07, 6.45) is 0. The summed E-state index contributed by atoms with van der Waals surface area (Å²) in [6.45, 7) is 4.62. The van der Waals surface area contributed by atoms with Crippen molar-refractivity contribution in [3.8, 4) is 5.88 Å². The predicted octanol–water partition coefficient (Wildman–Crippen LogP) is 7.26. The maximum Gasteiger partial charge on any atom is 0.221 e. The molecule has 0 unspecified atom stereocenters. The molecule has 7 heteroatoms. The first kappa shape index (κ1) is 21.2. The highest BCUT2D eigenvalue weighted by Gasteiger charge is 2.17. The van der Waals surface area contributed by atoms with Gasteiger partial charge in [-0.2, -0.15) is 0 Å². The number of aromatic nitrogens is 1. The fourth-order valence-corrected chi connectivity index (χ4v) is 3.90. The normalized spacial score (nSPS) is 11.3. The second kappa shape index (κ2) is 8.99. The van der Waals surface area contributed by atoms with Gasteiger partial charge >= 0.3 is 0 Å². The number of nitrogens with zero attached hydrogens (tertiary/aromatic N) is 3. The zero-order valence-electron chi connectivity index (χ0n) is 17.1. The molecule has 4 aromatic rings. The largest absolute Gasteiger partial charge is 0.493 e. The fourth-order valence-electron chi connectivity index (χ4n) is 3.38. The molecule has 31 heavy (non-hydrogen) atoms. The number of fused-ring (bicyclic) bond motifs is 1. The van der Waals surface area contributed by atoms with E-state index in [4.69, 9.17) is 12.2 Å². The van der Waals surface area contributed by atoms with Gasteiger partial charge in [-0.15, -0.1) is 10.2 Å². The molecular formula is C24H21BrN4OS. The van der Waals surface area contributed by atoms with Crippen LogP contribution in [0.1, 0.15) is 16.7 Å². The minimum absolute atomic E-state index is 0.0506. The van der Waals surface area contributed by atoms with Gasteiger partial charge in [-0.1, -0.05) is 52.3 Å². The van der Waals surface area contributed by atoms with E-state index in [1.165, 1.54) is 5.56 Å². The lowest BCUT2D eigenvalue weighted by Crippen LogP contribution is -2.05. The smallest absolute Gasteiger partial charge is 0.221 e. The van der Waals surface area contributed by atoms with Crippen LogP contribution in [0.2, 0.25) is 0 Å². The van der Waals surface area contributed by atoms with Crippen molar-refractivity contribution in [1.82, 2.24) is 4.57 Å². The van der Waals surface area contributed by atoms with Crippen LogP contribution in [0, 0.1) is 13.8 Å². The molecule has 4 rings (SSSR count). The number of halogens is 1. The summed E-state index contributed by atoms with van der Waals surface area (Å²) in [5, 5.41) is 23.5. The standard InChI is InChI=1S/C24H21BrN4OS/c1-15-8-10-19(12-16(15)2)26-24(31)28-27-22-20-13-18(25)9-11-21(20)29(23(22)30)14-17-6-4-3-5-7-17/h3-13,30H,14H2,1-2H3,(H,26,31). The molecule has 0 aliphatic rings. The minimum atomic E-state index is 0.0506. The second-order valence-electron chi connectivity index (χ2n) is 7.33. The molecule has 0 fully saturated rings. The van der Waals surface area contributed by atoms with E-state index in [-0.39, 0.29) is 11.0 Å². The van der Waals surface area contributed by atoms with E-state index >= 15 is 0 Å². The summed E-state index contributed by atoms with van der Waals surface area (Å²) in [7, 11) is 0. The van der Waals surface area contributed by atoms with Crippen molar-refractivity contribution in [2.24, 2.45) is 10.2 Å². The molecule has 0 bridgehead atoms. The van der Waals surface area contributed by atoms with Gasteiger partial charge < -0.3 is 15.0 Å². The van der Waals surface area contributed by atoms with Crippen molar-refractivity contribution in [2.75, 3.05) is 5.32 Å². The lowest BCUT2D eigenvalue weighted by molar-refractivity contribution is 0.429. The third-order valence-corrected chi connectivity index (χ3v) is 5.83. The number of hydrogen-bond acceptors (Lipinski definition) is 3. The van der Waals surface area contributed by atoms with E-state index in [9.17, 15) is 5.11 Å². The Morgan fingerprint density at radius 2 is 1.81 bits per heavy atom. The van der Waals surface area contributed by atoms with Crippen molar-refractivity contribution >= 4 is 55.5 Å². The van der Waals surface area contributed by atoms with Crippen LogP contribution < -0.4 is 5.32 Å². The number of benzene rings is 3. The fraction of sp³-hybridized carbons (Fsp3) is 0.125. The molecule has 0 aliphatic carbocycles. The minimum Gasteiger partial charge on any atom is -0.493 e. The van der Waals surface area contributed by atoms with Crippen molar-refractivity contribution < 1.29 is 5.11 Å². The van der Waals surface area contributed by atoms with Crippen LogP contribution in [-0.2, 0) is 6.54 Å². The van der Waals surface area contributed by atoms with Crippen LogP contribution in [-0.4, -0.2) is 14.8 Å². The highest BCUT2D eigenvalue weighted by Crippen LogP contribution is 2.40. The molecule has 0 saturated heterocycles. The zero-order chi connectivity index (χ0) is 22.0. The molecule has 3 aromatic carbocycles. The lowest BCUT2D eigenvalue weighted by atomic mass is 10.1. The van der Waals surface area contributed by atoms with Gasteiger partial charge in [-0.05, 0) is 73.1 Å². The van der Waals surface area contributed by atoms with Gasteiger partial charge in [0.25, 0.3) is 0 Å². The quantitative estimate of drug-likeness (QED) is 0.232. The Hall–Kier alpha value is -3.03. The Morgan fingerprint density at radius 1 is 1.03 bits per heavy atom. The molecule has 0 saturated carbocycles. The molecule has 5 nitrogen and oxygen atoms in total. The molecule has 0 aliphatic heterocycles.